The molecule has 2 aromatic rings. The fourth-order valence-corrected chi connectivity index (χ4v) is 5.59. The Morgan fingerprint density at radius 1 is 0.931 bits per heavy atom. The van der Waals surface area contributed by atoms with Crippen LogP contribution in [-0.2, 0) is 18.9 Å². The zero-order chi connectivity index (χ0) is 21.3. The van der Waals surface area contributed by atoms with Crippen LogP contribution in [0.5, 0.6) is 0 Å². The zero-order valence-electron chi connectivity index (χ0n) is 15.7. The maximum Gasteiger partial charge on any atom is 0.327 e. The summed E-state index contributed by atoms with van der Waals surface area (Å²) in [5.41, 5.74) is 0. The van der Waals surface area contributed by atoms with Crippen molar-refractivity contribution in [3.63, 3.8) is 0 Å². The van der Waals surface area contributed by atoms with Gasteiger partial charge in [-0.1, -0.05) is 60.7 Å². The van der Waals surface area contributed by atoms with Crippen LogP contribution in [0.15, 0.2) is 60.7 Å². The third kappa shape index (κ3) is 6.48. The summed E-state index contributed by atoms with van der Waals surface area (Å²) in [7, 11) is -3.02. The molecule has 2 aromatic carbocycles. The van der Waals surface area contributed by atoms with Gasteiger partial charge in [0.2, 0.25) is 11.8 Å². The lowest BCUT2D eigenvalue weighted by Crippen LogP contribution is -2.46. The molecule has 0 aliphatic heterocycles. The third-order valence-electron chi connectivity index (χ3n) is 4.26. The van der Waals surface area contributed by atoms with Crippen LogP contribution < -0.4 is 21.2 Å². The molecule has 0 bridgehead atoms. The van der Waals surface area contributed by atoms with Crippen LogP contribution in [0.4, 0.5) is 0 Å². The number of carboxylic acids is 1. The number of hydrogen-bond acceptors (Lipinski definition) is 5. The van der Waals surface area contributed by atoms with Gasteiger partial charge in [-0.15, -0.1) is 0 Å². The van der Waals surface area contributed by atoms with E-state index < -0.39 is 31.0 Å². The summed E-state index contributed by atoms with van der Waals surface area (Å²) < 4.78 is 13.8. The smallest absolute Gasteiger partial charge is 0.327 e. The molecule has 0 fully saturated rings. The highest BCUT2D eigenvalue weighted by Gasteiger charge is 2.27. The number of thiol groups is 1. The van der Waals surface area contributed by atoms with E-state index in [1.807, 2.05) is 12.1 Å². The zero-order valence-corrected chi connectivity index (χ0v) is 17.4. The SMILES string of the molecule is O=C(CCP(=O)(c1ccccc1)c1ccccc1)NCC(=O)N[C@@H](CS)C(=O)O. The molecule has 1 atom stereocenters. The van der Waals surface area contributed by atoms with Gasteiger partial charge in [-0.3, -0.25) is 9.59 Å². The van der Waals surface area contributed by atoms with Crippen LogP contribution in [0.1, 0.15) is 6.42 Å². The Labute approximate surface area is 174 Å². The van der Waals surface area contributed by atoms with Crippen molar-refractivity contribution < 1.29 is 24.1 Å². The molecule has 3 N–H and O–H groups in total. The second kappa shape index (κ2) is 10.8. The monoisotopic (exact) mass is 434 g/mol. The van der Waals surface area contributed by atoms with E-state index in [0.717, 1.165) is 0 Å². The molecule has 7 nitrogen and oxygen atoms in total. The Morgan fingerprint density at radius 3 is 1.90 bits per heavy atom. The number of benzene rings is 2. The van der Waals surface area contributed by atoms with Gasteiger partial charge in [-0.2, -0.15) is 12.6 Å². The number of aliphatic carboxylic acids is 1. The van der Waals surface area contributed by atoms with E-state index in [9.17, 15) is 18.9 Å². The minimum Gasteiger partial charge on any atom is -0.480 e. The molecule has 0 spiro atoms. The summed E-state index contributed by atoms with van der Waals surface area (Å²) in [4.78, 5) is 34.9. The van der Waals surface area contributed by atoms with E-state index in [1.54, 1.807) is 48.5 Å². The van der Waals surface area contributed by atoms with Crippen LogP contribution >= 0.6 is 19.8 Å². The van der Waals surface area contributed by atoms with E-state index >= 15 is 0 Å². The Bertz CT molecular complexity index is 849. The lowest BCUT2D eigenvalue weighted by atomic mass is 10.3. The first kappa shape index (κ1) is 22.7. The fourth-order valence-electron chi connectivity index (χ4n) is 2.70. The average Bonchev–Trinajstić information content (AvgIpc) is 2.75. The number of hydrogen-bond donors (Lipinski definition) is 4. The molecule has 9 heteroatoms. The number of amides is 2. The molecule has 0 saturated heterocycles. The topological polar surface area (TPSA) is 113 Å². The molecule has 0 aliphatic rings. The van der Waals surface area contributed by atoms with Gasteiger partial charge in [0.05, 0.1) is 6.54 Å². The van der Waals surface area contributed by atoms with E-state index in [0.29, 0.717) is 10.6 Å². The molecule has 0 aromatic heterocycles. The minimum atomic E-state index is -3.02. The Balaban J connectivity index is 1.99. The van der Waals surface area contributed by atoms with Crippen molar-refractivity contribution in [3.05, 3.63) is 60.7 Å². The Hall–Kier alpha value is -2.57. The van der Waals surface area contributed by atoms with Crippen LogP contribution in [0.25, 0.3) is 0 Å². The van der Waals surface area contributed by atoms with Crippen LogP contribution in [0.3, 0.4) is 0 Å². The van der Waals surface area contributed by atoms with Crippen molar-refractivity contribution in [1.29, 1.82) is 0 Å². The molecule has 0 heterocycles. The number of carbonyl (C=O) groups is 3. The van der Waals surface area contributed by atoms with Crippen molar-refractivity contribution in [2.45, 2.75) is 12.5 Å². The summed E-state index contributed by atoms with van der Waals surface area (Å²) >= 11 is 3.86. The predicted molar refractivity (Wildman–Crippen MR) is 116 cm³/mol. The summed E-state index contributed by atoms with van der Waals surface area (Å²) in [5, 5.41) is 14.9. The number of nitrogens with one attached hydrogen (secondary N) is 2. The first-order chi connectivity index (χ1) is 13.9. The lowest BCUT2D eigenvalue weighted by molar-refractivity contribution is -0.141. The molecule has 29 heavy (non-hydrogen) atoms. The van der Waals surface area contributed by atoms with E-state index in [2.05, 4.69) is 23.3 Å². The largest absolute Gasteiger partial charge is 0.480 e. The van der Waals surface area contributed by atoms with Gasteiger partial charge in [0.1, 0.15) is 13.2 Å². The van der Waals surface area contributed by atoms with Crippen LogP contribution in [0, 0.1) is 0 Å². The van der Waals surface area contributed by atoms with Crippen molar-refractivity contribution >= 4 is 48.2 Å². The second-order valence-electron chi connectivity index (χ2n) is 6.30. The summed E-state index contributed by atoms with van der Waals surface area (Å²) in [6.07, 6.45) is 0.0755. The molecule has 2 amide bonds. The van der Waals surface area contributed by atoms with Crippen molar-refractivity contribution in [2.75, 3.05) is 18.5 Å². The van der Waals surface area contributed by atoms with Crippen molar-refractivity contribution in [3.8, 4) is 0 Å². The first-order valence-corrected chi connectivity index (χ1v) is 11.5. The standard InChI is InChI=1S/C20H23N2O5PS/c23-18(21-13-19(24)22-17(14-29)20(25)26)11-12-28(27,15-7-3-1-4-8-15)16-9-5-2-6-10-16/h1-10,17,29H,11-14H2,(H,21,23)(H,22,24)(H,25,26)/t17-/m0/s1. The molecular formula is C20H23N2O5PS. The van der Waals surface area contributed by atoms with E-state index in [4.69, 9.17) is 5.11 Å². The quantitative estimate of drug-likeness (QED) is 0.329. The molecule has 0 saturated carbocycles. The summed E-state index contributed by atoms with van der Waals surface area (Å²) in [6, 6.07) is 16.9. The van der Waals surface area contributed by atoms with Gasteiger partial charge in [-0.25, -0.2) is 4.79 Å². The van der Waals surface area contributed by atoms with Gasteiger partial charge < -0.3 is 20.3 Å². The minimum absolute atomic E-state index is 0.0384. The summed E-state index contributed by atoms with van der Waals surface area (Å²) in [6.45, 7) is -0.364. The van der Waals surface area contributed by atoms with Crippen molar-refractivity contribution in [1.82, 2.24) is 10.6 Å². The molecule has 0 unspecified atom stereocenters. The summed E-state index contributed by atoms with van der Waals surface area (Å²) in [5.74, 6) is -2.34. The van der Waals surface area contributed by atoms with Crippen LogP contribution in [0.2, 0.25) is 0 Å². The molecule has 0 aliphatic carbocycles. The maximum absolute atomic E-state index is 13.8. The molecular weight excluding hydrogens is 411 g/mol. The normalized spacial score (nSPS) is 12.0. The Kier molecular flexibility index (Phi) is 8.49. The maximum atomic E-state index is 13.8. The highest BCUT2D eigenvalue weighted by Crippen LogP contribution is 2.43. The molecule has 0 radical (unpaired) electrons. The third-order valence-corrected chi connectivity index (χ3v) is 7.75. The fraction of sp³-hybridized carbons (Fsp3) is 0.250. The van der Waals surface area contributed by atoms with Gasteiger partial charge in [-0.05, 0) is 0 Å². The van der Waals surface area contributed by atoms with E-state index in [1.165, 1.54) is 0 Å². The number of rotatable bonds is 10. The first-order valence-electron chi connectivity index (χ1n) is 8.97. The lowest BCUT2D eigenvalue weighted by Gasteiger charge is -2.19. The number of carboxylic acid groups (broad SMARTS) is 1. The molecule has 2 rings (SSSR count). The Morgan fingerprint density at radius 2 is 1.45 bits per heavy atom. The van der Waals surface area contributed by atoms with Crippen LogP contribution in [-0.4, -0.2) is 47.4 Å². The van der Waals surface area contributed by atoms with Gasteiger partial charge in [0.25, 0.3) is 0 Å². The van der Waals surface area contributed by atoms with E-state index in [-0.39, 0.29) is 24.9 Å². The van der Waals surface area contributed by atoms with Gasteiger partial charge in [0, 0.05) is 28.9 Å². The number of carbonyl (C=O) groups excluding carboxylic acids is 2. The predicted octanol–water partition coefficient (Wildman–Crippen LogP) is 1.01. The highest BCUT2D eigenvalue weighted by atomic mass is 32.1. The van der Waals surface area contributed by atoms with Gasteiger partial charge >= 0.3 is 5.97 Å². The van der Waals surface area contributed by atoms with Gasteiger partial charge in [0.15, 0.2) is 0 Å². The highest BCUT2D eigenvalue weighted by molar-refractivity contribution is 7.80. The molecule has 154 valence electrons. The van der Waals surface area contributed by atoms with Crippen molar-refractivity contribution in [2.24, 2.45) is 0 Å². The average molecular weight is 434 g/mol. The second-order valence-corrected chi connectivity index (χ2v) is 9.63.